The number of nitrogens with zero attached hydrogens (tertiary/aromatic N) is 3. The highest BCUT2D eigenvalue weighted by molar-refractivity contribution is 5.92. The number of carbonyl (C=O) groups excluding carboxylic acids is 1. The van der Waals surface area contributed by atoms with E-state index in [-0.39, 0.29) is 12.1 Å². The molecule has 0 fully saturated rings. The monoisotopic (exact) mass is 541 g/mol. The molecule has 0 bridgehead atoms. The van der Waals surface area contributed by atoms with Gasteiger partial charge in [-0.25, -0.2) is 4.79 Å². The van der Waals surface area contributed by atoms with Crippen LogP contribution in [-0.2, 0) is 6.54 Å². The molecule has 0 radical (unpaired) electrons. The minimum atomic E-state index is -0.134. The van der Waals surface area contributed by atoms with Gasteiger partial charge in [0.1, 0.15) is 11.5 Å². The Labute approximate surface area is 236 Å². The standard InChI is InChI=1S/C32H39N5O3/c1-23(34-30-21-29(40-5)20-25-9-6-18-33-31(25)30)8-7-19-37(22-24-10-14-27(15-11-24)36(2)3)32(38)35-26-12-16-28(39-4)17-13-26/h6,9-18,20-21,23,34H,7-8,19,22H2,1-5H3,(H,35,38). The minimum Gasteiger partial charge on any atom is -0.497 e. The highest BCUT2D eigenvalue weighted by Gasteiger charge is 2.16. The summed E-state index contributed by atoms with van der Waals surface area (Å²) in [6.07, 6.45) is 3.50. The maximum Gasteiger partial charge on any atom is 0.322 e. The smallest absolute Gasteiger partial charge is 0.322 e. The van der Waals surface area contributed by atoms with E-state index in [1.54, 1.807) is 20.4 Å². The second-order valence-corrected chi connectivity index (χ2v) is 10.1. The summed E-state index contributed by atoms with van der Waals surface area (Å²) in [5.41, 5.74) is 4.79. The van der Waals surface area contributed by atoms with Crippen LogP contribution < -0.4 is 25.0 Å². The van der Waals surface area contributed by atoms with E-state index in [9.17, 15) is 4.79 Å². The van der Waals surface area contributed by atoms with Crippen molar-refractivity contribution in [3.8, 4) is 11.5 Å². The summed E-state index contributed by atoms with van der Waals surface area (Å²) in [7, 11) is 7.33. The molecule has 2 amide bonds. The normalized spacial score (nSPS) is 11.5. The van der Waals surface area contributed by atoms with Crippen molar-refractivity contribution in [1.82, 2.24) is 9.88 Å². The number of hydrogen-bond donors (Lipinski definition) is 2. The second kappa shape index (κ2) is 13.6. The molecule has 4 rings (SSSR count). The Morgan fingerprint density at radius 1 is 0.950 bits per heavy atom. The Balaban J connectivity index is 1.42. The van der Waals surface area contributed by atoms with E-state index < -0.39 is 0 Å². The lowest BCUT2D eigenvalue weighted by Gasteiger charge is -2.25. The molecule has 210 valence electrons. The number of anilines is 3. The van der Waals surface area contributed by atoms with E-state index in [4.69, 9.17) is 9.47 Å². The first-order chi connectivity index (χ1) is 19.4. The highest BCUT2D eigenvalue weighted by atomic mass is 16.5. The third-order valence-electron chi connectivity index (χ3n) is 6.84. The lowest BCUT2D eigenvalue weighted by molar-refractivity contribution is 0.207. The molecular formula is C32H39N5O3. The quantitative estimate of drug-likeness (QED) is 0.210. The average Bonchev–Trinajstić information content (AvgIpc) is 2.97. The van der Waals surface area contributed by atoms with Gasteiger partial charge in [0.15, 0.2) is 0 Å². The SMILES string of the molecule is COc1ccc(NC(=O)N(CCCC(C)Nc2cc(OC)cc3cccnc23)Cc2ccc(N(C)C)cc2)cc1. The van der Waals surface area contributed by atoms with Gasteiger partial charge in [-0.1, -0.05) is 18.2 Å². The lowest BCUT2D eigenvalue weighted by atomic mass is 10.1. The van der Waals surface area contributed by atoms with Crippen molar-refractivity contribution in [1.29, 1.82) is 0 Å². The number of methoxy groups -OCH3 is 2. The van der Waals surface area contributed by atoms with Gasteiger partial charge in [-0.2, -0.15) is 0 Å². The lowest BCUT2D eigenvalue weighted by Crippen LogP contribution is -2.35. The number of fused-ring (bicyclic) bond motifs is 1. The average molecular weight is 542 g/mol. The van der Waals surface area contributed by atoms with Crippen LogP contribution in [0.1, 0.15) is 25.3 Å². The number of aromatic nitrogens is 1. The van der Waals surface area contributed by atoms with Crippen molar-refractivity contribution in [3.63, 3.8) is 0 Å². The predicted molar refractivity (Wildman–Crippen MR) is 164 cm³/mol. The number of hydrogen-bond acceptors (Lipinski definition) is 6. The first-order valence-electron chi connectivity index (χ1n) is 13.5. The zero-order chi connectivity index (χ0) is 28.5. The summed E-state index contributed by atoms with van der Waals surface area (Å²) in [6.45, 7) is 3.28. The van der Waals surface area contributed by atoms with Crippen molar-refractivity contribution in [2.24, 2.45) is 0 Å². The van der Waals surface area contributed by atoms with Gasteiger partial charge in [0.2, 0.25) is 0 Å². The summed E-state index contributed by atoms with van der Waals surface area (Å²) in [5.74, 6) is 1.54. The summed E-state index contributed by atoms with van der Waals surface area (Å²) in [4.78, 5) is 21.9. The molecule has 0 saturated carbocycles. The maximum atomic E-state index is 13.4. The van der Waals surface area contributed by atoms with E-state index in [1.165, 1.54) is 0 Å². The Morgan fingerprint density at radius 3 is 2.35 bits per heavy atom. The second-order valence-electron chi connectivity index (χ2n) is 10.1. The Kier molecular flexibility index (Phi) is 9.67. The van der Waals surface area contributed by atoms with Crippen LogP contribution in [-0.4, -0.2) is 56.8 Å². The molecule has 1 heterocycles. The Bertz CT molecular complexity index is 1390. The summed E-state index contributed by atoms with van der Waals surface area (Å²) in [6, 6.07) is 23.6. The van der Waals surface area contributed by atoms with E-state index in [1.807, 2.05) is 67.5 Å². The van der Waals surface area contributed by atoms with Gasteiger partial charge in [-0.05, 0) is 73.9 Å². The molecule has 1 aromatic heterocycles. The van der Waals surface area contributed by atoms with Crippen LogP contribution in [0.25, 0.3) is 10.9 Å². The van der Waals surface area contributed by atoms with Crippen LogP contribution in [0.5, 0.6) is 11.5 Å². The molecule has 0 saturated heterocycles. The van der Waals surface area contributed by atoms with Crippen LogP contribution in [0.4, 0.5) is 21.9 Å². The summed E-state index contributed by atoms with van der Waals surface area (Å²) < 4.78 is 10.7. The molecular weight excluding hydrogens is 502 g/mol. The number of rotatable bonds is 12. The third kappa shape index (κ3) is 7.56. The number of carbonyl (C=O) groups is 1. The maximum absolute atomic E-state index is 13.4. The molecule has 8 nitrogen and oxygen atoms in total. The fourth-order valence-corrected chi connectivity index (χ4v) is 4.57. The van der Waals surface area contributed by atoms with Crippen molar-refractivity contribution in [3.05, 3.63) is 84.6 Å². The predicted octanol–water partition coefficient (Wildman–Crippen LogP) is 6.63. The molecule has 40 heavy (non-hydrogen) atoms. The molecule has 0 spiro atoms. The van der Waals surface area contributed by atoms with Crippen molar-refractivity contribution >= 4 is 34.0 Å². The molecule has 3 aromatic carbocycles. The zero-order valence-corrected chi connectivity index (χ0v) is 24.0. The number of ether oxygens (including phenoxy) is 2. The third-order valence-corrected chi connectivity index (χ3v) is 6.84. The number of benzene rings is 3. The van der Waals surface area contributed by atoms with E-state index in [0.29, 0.717) is 13.1 Å². The fourth-order valence-electron chi connectivity index (χ4n) is 4.57. The van der Waals surface area contributed by atoms with E-state index in [0.717, 1.165) is 57.9 Å². The van der Waals surface area contributed by atoms with Crippen molar-refractivity contribution < 1.29 is 14.3 Å². The summed E-state index contributed by atoms with van der Waals surface area (Å²) in [5, 5.41) is 7.67. The minimum absolute atomic E-state index is 0.134. The van der Waals surface area contributed by atoms with Crippen molar-refractivity contribution in [2.45, 2.75) is 32.4 Å². The van der Waals surface area contributed by atoms with Crippen LogP contribution >= 0.6 is 0 Å². The molecule has 0 aliphatic heterocycles. The van der Waals surface area contributed by atoms with Gasteiger partial charge in [0.25, 0.3) is 0 Å². The molecule has 0 aliphatic rings. The van der Waals surface area contributed by atoms with Crippen LogP contribution in [0.3, 0.4) is 0 Å². The van der Waals surface area contributed by atoms with Gasteiger partial charge in [0, 0.05) is 62.3 Å². The molecule has 1 atom stereocenters. The first kappa shape index (κ1) is 28.5. The summed E-state index contributed by atoms with van der Waals surface area (Å²) >= 11 is 0. The molecule has 4 aromatic rings. The van der Waals surface area contributed by atoms with Crippen LogP contribution in [0, 0.1) is 0 Å². The molecule has 2 N–H and O–H groups in total. The van der Waals surface area contributed by atoms with Gasteiger partial charge in [-0.15, -0.1) is 0 Å². The number of pyridine rings is 1. The molecule has 8 heteroatoms. The van der Waals surface area contributed by atoms with E-state index >= 15 is 0 Å². The Morgan fingerprint density at radius 2 is 1.68 bits per heavy atom. The number of amides is 2. The van der Waals surface area contributed by atoms with Crippen LogP contribution in [0.2, 0.25) is 0 Å². The fraction of sp³-hybridized carbons (Fsp3) is 0.312. The highest BCUT2D eigenvalue weighted by Crippen LogP contribution is 2.28. The number of urea groups is 1. The van der Waals surface area contributed by atoms with Gasteiger partial charge in [0.05, 0.1) is 25.4 Å². The largest absolute Gasteiger partial charge is 0.497 e. The molecule has 0 aliphatic carbocycles. The molecule has 1 unspecified atom stereocenters. The van der Waals surface area contributed by atoms with Gasteiger partial charge in [-0.3, -0.25) is 4.98 Å². The Hall–Kier alpha value is -4.46. The first-order valence-corrected chi connectivity index (χ1v) is 13.5. The zero-order valence-electron chi connectivity index (χ0n) is 24.0. The number of nitrogens with one attached hydrogen (secondary N) is 2. The topological polar surface area (TPSA) is 79.0 Å². The van der Waals surface area contributed by atoms with Gasteiger partial charge < -0.3 is 29.9 Å². The van der Waals surface area contributed by atoms with Gasteiger partial charge >= 0.3 is 6.03 Å². The van der Waals surface area contributed by atoms with E-state index in [2.05, 4.69) is 51.7 Å². The van der Waals surface area contributed by atoms with Crippen molar-refractivity contribution in [2.75, 3.05) is 50.4 Å². The van der Waals surface area contributed by atoms with Crippen LogP contribution in [0.15, 0.2) is 79.0 Å².